The maximum Gasteiger partial charge on any atom is 0.188 e. The first kappa shape index (κ1) is 82.7. The third-order valence-electron chi connectivity index (χ3n) is 0.563. The molecule has 0 aliphatic carbocycles. The Morgan fingerprint density at radius 1 is 0.556 bits per heavy atom. The van der Waals surface area contributed by atoms with Crippen molar-refractivity contribution in [2.24, 2.45) is 0 Å². The molecular formula is C14H46F2O2. The normalized spacial score (nSPS) is 4.67. The van der Waals surface area contributed by atoms with E-state index in [0.29, 0.717) is 13.2 Å². The molecule has 0 fully saturated rings. The van der Waals surface area contributed by atoms with E-state index in [1.54, 1.807) is 13.8 Å². The zero-order valence-corrected chi connectivity index (χ0v) is 6.40. The van der Waals surface area contributed by atoms with Gasteiger partial charge in [0.25, 0.3) is 0 Å². The molecule has 0 radical (unpaired) electrons. The second-order valence-corrected chi connectivity index (χ2v) is 1.20. The van der Waals surface area contributed by atoms with Crippen LogP contribution in [0.3, 0.4) is 0 Å². The van der Waals surface area contributed by atoms with E-state index in [-0.39, 0.29) is 59.4 Å². The smallest absolute Gasteiger partial charge is 0.188 e. The molecule has 0 bridgehead atoms. The van der Waals surface area contributed by atoms with Gasteiger partial charge in [-0.25, -0.2) is 8.78 Å². The van der Waals surface area contributed by atoms with Gasteiger partial charge < -0.3 is 9.47 Å². The van der Waals surface area contributed by atoms with Gasteiger partial charge in [-0.05, 0) is 13.8 Å². The second-order valence-electron chi connectivity index (χ2n) is 1.20. The van der Waals surface area contributed by atoms with Gasteiger partial charge in [-0.3, -0.25) is 0 Å². The fourth-order valence-electron chi connectivity index (χ4n) is 0.154. The minimum Gasteiger partial charge on any atom is -0.351 e. The second kappa shape index (κ2) is 125. The van der Waals surface area contributed by atoms with Crippen LogP contribution in [0, 0.1) is 0 Å². The Morgan fingerprint density at radius 3 is 0.722 bits per heavy atom. The molecule has 0 N–H and O–H groups in total. The molecule has 18 heavy (non-hydrogen) atoms. The van der Waals surface area contributed by atoms with E-state index in [4.69, 9.17) is 0 Å². The molecule has 0 saturated heterocycles. The summed E-state index contributed by atoms with van der Waals surface area (Å²) in [4.78, 5) is 0. The van der Waals surface area contributed by atoms with Crippen molar-refractivity contribution >= 4 is 0 Å². The average molecular weight is 285 g/mol. The molecule has 128 valence electrons. The Labute approximate surface area is 119 Å². The first-order chi connectivity index (χ1) is 4.83. The molecule has 2 nitrogen and oxygen atoms in total. The first-order valence-electron chi connectivity index (χ1n) is 3.10. The lowest BCUT2D eigenvalue weighted by molar-refractivity contribution is 0.0670. The van der Waals surface area contributed by atoms with Gasteiger partial charge >= 0.3 is 0 Å². The van der Waals surface area contributed by atoms with Crippen molar-refractivity contribution in [3.63, 3.8) is 0 Å². The Kier molecular flexibility index (Phi) is 575. The lowest BCUT2D eigenvalue weighted by Gasteiger charge is -1.83. The SMILES string of the molecule is C.C.C.C.C.C.C.C.CCOCF.CCOCF. The van der Waals surface area contributed by atoms with E-state index in [0.717, 1.165) is 0 Å². The molecule has 0 aromatic heterocycles. The first-order valence-corrected chi connectivity index (χ1v) is 3.10. The maximum absolute atomic E-state index is 10.8. The Bertz CT molecular complexity index is 38.8. The van der Waals surface area contributed by atoms with Gasteiger partial charge in [0.05, 0.1) is 0 Å². The molecule has 0 heterocycles. The summed E-state index contributed by atoms with van der Waals surface area (Å²) in [7, 11) is 0. The van der Waals surface area contributed by atoms with E-state index >= 15 is 0 Å². The topological polar surface area (TPSA) is 18.5 Å². The predicted octanol–water partition coefficient (Wildman–Crippen LogP) is 6.99. The number of hydrogen-bond donors (Lipinski definition) is 0. The molecule has 0 saturated carbocycles. The minimum absolute atomic E-state index is 0. The van der Waals surface area contributed by atoms with Crippen molar-refractivity contribution < 1.29 is 18.3 Å². The van der Waals surface area contributed by atoms with Crippen molar-refractivity contribution in [1.82, 2.24) is 0 Å². The minimum atomic E-state index is -0.656. The van der Waals surface area contributed by atoms with Gasteiger partial charge in [-0.1, -0.05) is 59.4 Å². The maximum atomic E-state index is 10.8. The fraction of sp³-hybridized carbons (Fsp3) is 1.00. The number of ether oxygens (including phenoxy) is 2. The van der Waals surface area contributed by atoms with E-state index in [1.165, 1.54) is 0 Å². The summed E-state index contributed by atoms with van der Waals surface area (Å²) in [6.07, 6.45) is 0. The standard InChI is InChI=1S/2C3H7FO.8CH4/c2*1-2-5-3-4;;;;;;;;/h2*2-3H2,1H3;8*1H4. The number of halogens is 2. The van der Waals surface area contributed by atoms with Crippen LogP contribution in [0.15, 0.2) is 0 Å². The van der Waals surface area contributed by atoms with Crippen molar-refractivity contribution in [2.45, 2.75) is 73.3 Å². The lowest BCUT2D eigenvalue weighted by atomic mass is 10.9. The third-order valence-corrected chi connectivity index (χ3v) is 0.563. The number of alkyl halides is 2. The van der Waals surface area contributed by atoms with Crippen molar-refractivity contribution in [1.29, 1.82) is 0 Å². The fourth-order valence-corrected chi connectivity index (χ4v) is 0.154. The van der Waals surface area contributed by atoms with Crippen LogP contribution < -0.4 is 0 Å². The van der Waals surface area contributed by atoms with Crippen molar-refractivity contribution in [3.05, 3.63) is 0 Å². The highest BCUT2D eigenvalue weighted by Crippen LogP contribution is 1.68. The van der Waals surface area contributed by atoms with Gasteiger partial charge in [-0.2, -0.15) is 0 Å². The van der Waals surface area contributed by atoms with E-state index in [1.807, 2.05) is 0 Å². The zero-order valence-electron chi connectivity index (χ0n) is 6.40. The molecule has 0 amide bonds. The van der Waals surface area contributed by atoms with E-state index < -0.39 is 13.7 Å². The van der Waals surface area contributed by atoms with Gasteiger partial charge in [0.15, 0.2) is 13.7 Å². The van der Waals surface area contributed by atoms with Crippen LogP contribution in [0.4, 0.5) is 8.78 Å². The van der Waals surface area contributed by atoms with Crippen LogP contribution in [0.5, 0.6) is 0 Å². The van der Waals surface area contributed by atoms with Crippen LogP contribution in [-0.2, 0) is 9.47 Å². The van der Waals surface area contributed by atoms with Gasteiger partial charge in [0.2, 0.25) is 0 Å². The van der Waals surface area contributed by atoms with Crippen molar-refractivity contribution in [3.8, 4) is 0 Å². The highest BCUT2D eigenvalue weighted by molar-refractivity contribution is 3.99. The molecular weight excluding hydrogens is 238 g/mol. The summed E-state index contributed by atoms with van der Waals surface area (Å²) in [6.45, 7) is 3.12. The van der Waals surface area contributed by atoms with Gasteiger partial charge in [0, 0.05) is 13.2 Å². The van der Waals surface area contributed by atoms with Crippen LogP contribution in [0.2, 0.25) is 0 Å². The summed E-state index contributed by atoms with van der Waals surface area (Å²) in [5, 5.41) is 0. The van der Waals surface area contributed by atoms with Crippen LogP contribution in [-0.4, -0.2) is 26.9 Å². The molecule has 0 atom stereocenters. The summed E-state index contributed by atoms with van der Waals surface area (Å²) >= 11 is 0. The molecule has 0 aliphatic rings. The zero-order chi connectivity index (χ0) is 8.24. The Morgan fingerprint density at radius 2 is 0.722 bits per heavy atom. The van der Waals surface area contributed by atoms with Crippen LogP contribution >= 0.6 is 0 Å². The largest absolute Gasteiger partial charge is 0.351 e. The Hall–Kier alpha value is -0.220. The van der Waals surface area contributed by atoms with E-state index in [2.05, 4.69) is 9.47 Å². The summed E-state index contributed by atoms with van der Waals surface area (Å²) in [5.41, 5.74) is 0. The summed E-state index contributed by atoms with van der Waals surface area (Å²) in [5.74, 6) is 0. The van der Waals surface area contributed by atoms with Gasteiger partial charge in [0.1, 0.15) is 0 Å². The summed E-state index contributed by atoms with van der Waals surface area (Å²) in [6, 6.07) is 0. The lowest BCUT2D eigenvalue weighted by Crippen LogP contribution is -1.82. The van der Waals surface area contributed by atoms with Crippen LogP contribution in [0.1, 0.15) is 73.3 Å². The molecule has 0 aromatic rings. The highest BCUT2D eigenvalue weighted by atomic mass is 19.1. The van der Waals surface area contributed by atoms with Crippen molar-refractivity contribution in [2.75, 3.05) is 26.9 Å². The summed E-state index contributed by atoms with van der Waals surface area (Å²) < 4.78 is 29.9. The molecule has 0 spiro atoms. The molecule has 0 rings (SSSR count). The van der Waals surface area contributed by atoms with Gasteiger partial charge in [-0.15, -0.1) is 0 Å². The number of rotatable bonds is 4. The van der Waals surface area contributed by atoms with Crippen LogP contribution in [0.25, 0.3) is 0 Å². The van der Waals surface area contributed by atoms with E-state index in [9.17, 15) is 8.78 Å². The monoisotopic (exact) mass is 284 g/mol. The average Bonchev–Trinajstić information content (AvgIpc) is 1.93. The molecule has 0 aliphatic heterocycles. The third kappa shape index (κ3) is 241. The predicted molar refractivity (Wildman–Crippen MR) is 89.1 cm³/mol. The Balaban J connectivity index is -0.00000000615. The quantitative estimate of drug-likeness (QED) is 0.554. The number of hydrogen-bond acceptors (Lipinski definition) is 2. The molecule has 0 aromatic carbocycles. The molecule has 0 unspecified atom stereocenters. The highest BCUT2D eigenvalue weighted by Gasteiger charge is 1.67. The molecule has 4 heteroatoms.